The van der Waals surface area contributed by atoms with Crippen molar-refractivity contribution in [1.82, 2.24) is 10.6 Å². The van der Waals surface area contributed by atoms with Crippen LogP contribution in [0.25, 0.3) is 0 Å². The van der Waals surface area contributed by atoms with Crippen molar-refractivity contribution in [2.75, 3.05) is 13.2 Å². The lowest BCUT2D eigenvalue weighted by molar-refractivity contribution is -0.150. The van der Waals surface area contributed by atoms with E-state index in [1.165, 1.54) is 103 Å². The van der Waals surface area contributed by atoms with E-state index in [0.717, 1.165) is 77.0 Å². The molecule has 0 spiro atoms. The summed E-state index contributed by atoms with van der Waals surface area (Å²) in [5.74, 6) is -2.30. The van der Waals surface area contributed by atoms with Crippen LogP contribution in [0.4, 0.5) is 0 Å². The summed E-state index contributed by atoms with van der Waals surface area (Å²) in [4.78, 5) is 47.5. The van der Waals surface area contributed by atoms with Crippen LogP contribution >= 0.6 is 0 Å². The molecule has 0 saturated carbocycles. The molecule has 0 radical (unpaired) electrons. The zero-order chi connectivity index (χ0) is 41.2. The molecule has 4 N–H and O–H groups in total. The SMILES string of the molecule is CCCCCCC/C=C\C/C=C\C/C=C\CCCCCCCCC(=O)OC(CCCCCCCCC)CCCCCCCC(=O)NCC(=O)NC(CO)C(=O)O. The van der Waals surface area contributed by atoms with E-state index in [9.17, 15) is 19.2 Å². The molecule has 9 nitrogen and oxygen atoms in total. The number of amides is 2. The van der Waals surface area contributed by atoms with E-state index in [0.29, 0.717) is 19.3 Å². The third-order valence-electron chi connectivity index (χ3n) is 10.1. The van der Waals surface area contributed by atoms with Gasteiger partial charge in [-0.25, -0.2) is 4.79 Å². The van der Waals surface area contributed by atoms with Crippen molar-refractivity contribution in [3.63, 3.8) is 0 Å². The van der Waals surface area contributed by atoms with Gasteiger partial charge in [-0.15, -0.1) is 0 Å². The fraction of sp³-hybridized carbons (Fsp3) is 0.787. The number of esters is 1. The minimum Gasteiger partial charge on any atom is -0.480 e. The minimum atomic E-state index is -1.38. The first-order chi connectivity index (χ1) is 27.3. The number of hydrogen-bond acceptors (Lipinski definition) is 6. The van der Waals surface area contributed by atoms with Crippen molar-refractivity contribution < 1.29 is 34.1 Å². The molecule has 0 fully saturated rings. The lowest BCUT2D eigenvalue weighted by Crippen LogP contribution is -2.47. The van der Waals surface area contributed by atoms with Crippen LogP contribution in [0.1, 0.15) is 213 Å². The van der Waals surface area contributed by atoms with E-state index < -0.39 is 24.5 Å². The number of carbonyl (C=O) groups is 4. The van der Waals surface area contributed by atoms with Crippen LogP contribution in [0, 0.1) is 0 Å². The standard InChI is InChI=1S/C47H84N2O7/c1-3-5-7-9-11-12-13-14-15-16-17-18-19-20-21-22-23-24-26-31-35-39-46(53)56-42(36-32-28-25-10-8-6-4-2)37-33-29-27-30-34-38-44(51)48-40-45(52)49-43(41-50)47(54)55/h13-14,16-17,19-20,42-43,50H,3-12,15,18,21-41H2,1-2H3,(H,48,51)(H,49,52)(H,54,55)/b14-13-,17-16-,20-19-. The van der Waals surface area contributed by atoms with Crippen LogP contribution in [0.15, 0.2) is 36.5 Å². The number of carboxylic acids is 1. The van der Waals surface area contributed by atoms with Crippen molar-refractivity contribution in [1.29, 1.82) is 0 Å². The first kappa shape index (κ1) is 53.1. The Morgan fingerprint density at radius 3 is 1.45 bits per heavy atom. The van der Waals surface area contributed by atoms with E-state index in [2.05, 4.69) is 60.9 Å². The van der Waals surface area contributed by atoms with Crippen molar-refractivity contribution in [2.45, 2.75) is 225 Å². The summed E-state index contributed by atoms with van der Waals surface area (Å²) in [6.45, 7) is 3.46. The highest BCUT2D eigenvalue weighted by Crippen LogP contribution is 2.19. The Hall–Kier alpha value is -2.94. The Labute approximate surface area is 342 Å². The summed E-state index contributed by atoms with van der Waals surface area (Å²) >= 11 is 0. The highest BCUT2D eigenvalue weighted by Gasteiger charge is 2.19. The van der Waals surface area contributed by atoms with E-state index in [1.807, 2.05) is 0 Å². The van der Waals surface area contributed by atoms with Gasteiger partial charge in [-0.3, -0.25) is 14.4 Å². The van der Waals surface area contributed by atoms with Crippen LogP contribution in [-0.4, -0.2) is 59.3 Å². The third kappa shape index (κ3) is 38.0. The van der Waals surface area contributed by atoms with Crippen molar-refractivity contribution >= 4 is 23.8 Å². The highest BCUT2D eigenvalue weighted by molar-refractivity contribution is 5.87. The Balaban J connectivity index is 4.13. The lowest BCUT2D eigenvalue weighted by atomic mass is 10.0. The summed E-state index contributed by atoms with van der Waals surface area (Å²) in [5.41, 5.74) is 0. The highest BCUT2D eigenvalue weighted by atomic mass is 16.5. The number of aliphatic hydroxyl groups excluding tert-OH is 1. The molecular formula is C47H84N2O7. The van der Waals surface area contributed by atoms with Crippen LogP contribution in [0.2, 0.25) is 0 Å². The Bertz CT molecular complexity index is 1040. The molecule has 56 heavy (non-hydrogen) atoms. The van der Waals surface area contributed by atoms with Crippen molar-refractivity contribution in [3.8, 4) is 0 Å². The number of aliphatic carboxylic acids is 1. The zero-order valence-electron chi connectivity index (χ0n) is 35.9. The van der Waals surface area contributed by atoms with Gasteiger partial charge in [-0.2, -0.15) is 0 Å². The Morgan fingerprint density at radius 2 is 0.964 bits per heavy atom. The number of rotatable bonds is 41. The van der Waals surface area contributed by atoms with Crippen molar-refractivity contribution in [2.24, 2.45) is 0 Å². The van der Waals surface area contributed by atoms with Crippen LogP contribution in [0.3, 0.4) is 0 Å². The van der Waals surface area contributed by atoms with E-state index >= 15 is 0 Å². The van der Waals surface area contributed by atoms with E-state index in [1.54, 1.807) is 0 Å². The number of unbranched alkanes of at least 4 members (excludes halogenated alkanes) is 21. The summed E-state index contributed by atoms with van der Waals surface area (Å²) in [6.07, 6.45) is 47.5. The number of nitrogens with one attached hydrogen (secondary N) is 2. The maximum atomic E-state index is 12.8. The van der Waals surface area contributed by atoms with E-state index in [-0.39, 0.29) is 24.5 Å². The molecule has 2 atom stereocenters. The number of aliphatic hydroxyl groups is 1. The summed E-state index contributed by atoms with van der Waals surface area (Å²) < 4.78 is 6.00. The Kier molecular flexibility index (Phi) is 39.5. The number of hydrogen-bond donors (Lipinski definition) is 4. The van der Waals surface area contributed by atoms with Crippen LogP contribution < -0.4 is 10.6 Å². The summed E-state index contributed by atoms with van der Waals surface area (Å²) in [6, 6.07) is -1.38. The molecule has 2 unspecified atom stereocenters. The van der Waals surface area contributed by atoms with Gasteiger partial charge in [-0.05, 0) is 77.0 Å². The van der Waals surface area contributed by atoms with Gasteiger partial charge in [0.25, 0.3) is 0 Å². The molecule has 2 amide bonds. The molecule has 0 aromatic carbocycles. The molecule has 0 aliphatic heterocycles. The fourth-order valence-corrected chi connectivity index (χ4v) is 6.60. The number of ether oxygens (including phenoxy) is 1. The number of carboxylic acid groups (broad SMARTS) is 1. The molecule has 0 aromatic rings. The molecule has 0 rings (SSSR count). The molecule has 0 heterocycles. The Morgan fingerprint density at radius 1 is 0.536 bits per heavy atom. The van der Waals surface area contributed by atoms with Crippen LogP contribution in [-0.2, 0) is 23.9 Å². The van der Waals surface area contributed by atoms with Gasteiger partial charge in [0.15, 0.2) is 0 Å². The first-order valence-electron chi connectivity index (χ1n) is 22.9. The molecule has 0 saturated heterocycles. The largest absolute Gasteiger partial charge is 0.480 e. The van der Waals surface area contributed by atoms with Gasteiger partial charge >= 0.3 is 11.9 Å². The average molecular weight is 789 g/mol. The molecule has 0 aromatic heterocycles. The summed E-state index contributed by atoms with van der Waals surface area (Å²) in [5, 5.41) is 22.5. The maximum absolute atomic E-state index is 12.8. The molecule has 9 heteroatoms. The van der Waals surface area contributed by atoms with E-state index in [4.69, 9.17) is 14.9 Å². The topological polar surface area (TPSA) is 142 Å². The van der Waals surface area contributed by atoms with Gasteiger partial charge < -0.3 is 25.6 Å². The predicted molar refractivity (Wildman–Crippen MR) is 231 cm³/mol. The quantitative estimate of drug-likeness (QED) is 0.0274. The van der Waals surface area contributed by atoms with Gasteiger partial charge in [0.2, 0.25) is 11.8 Å². The molecule has 324 valence electrons. The second kappa shape index (κ2) is 41.7. The second-order valence-corrected chi connectivity index (χ2v) is 15.5. The molecule has 0 aliphatic carbocycles. The van der Waals surface area contributed by atoms with Crippen molar-refractivity contribution in [3.05, 3.63) is 36.5 Å². The van der Waals surface area contributed by atoms with Gasteiger partial charge in [0.1, 0.15) is 12.1 Å². The summed E-state index contributed by atoms with van der Waals surface area (Å²) in [7, 11) is 0. The molecular weight excluding hydrogens is 705 g/mol. The fourth-order valence-electron chi connectivity index (χ4n) is 6.60. The zero-order valence-corrected chi connectivity index (χ0v) is 35.9. The number of carbonyl (C=O) groups excluding carboxylic acids is 3. The van der Waals surface area contributed by atoms with Gasteiger partial charge in [-0.1, -0.05) is 159 Å². The normalized spacial score (nSPS) is 12.8. The minimum absolute atomic E-state index is 0.0167. The predicted octanol–water partition coefficient (Wildman–Crippen LogP) is 11.4. The number of allylic oxidation sites excluding steroid dienone is 6. The smallest absolute Gasteiger partial charge is 0.328 e. The maximum Gasteiger partial charge on any atom is 0.328 e. The second-order valence-electron chi connectivity index (χ2n) is 15.5. The van der Waals surface area contributed by atoms with Gasteiger partial charge in [0, 0.05) is 12.8 Å². The third-order valence-corrected chi connectivity index (χ3v) is 10.1. The van der Waals surface area contributed by atoms with Gasteiger partial charge in [0.05, 0.1) is 13.2 Å². The average Bonchev–Trinajstić information content (AvgIpc) is 3.18. The molecule has 0 bridgehead atoms. The lowest BCUT2D eigenvalue weighted by Gasteiger charge is -2.18. The van der Waals surface area contributed by atoms with Crippen LogP contribution in [0.5, 0.6) is 0 Å². The first-order valence-corrected chi connectivity index (χ1v) is 22.9. The monoisotopic (exact) mass is 789 g/mol. The molecule has 0 aliphatic rings.